The van der Waals surface area contributed by atoms with Crippen LogP contribution in [0.5, 0.6) is 0 Å². The Balaban J connectivity index is 1.67. The molecular weight excluding hydrogens is 426 g/mol. The van der Waals surface area contributed by atoms with Gasteiger partial charge in [-0.1, -0.05) is 29.3 Å². The molecule has 1 saturated heterocycles. The molecule has 1 N–H and O–H groups in total. The first-order valence-electron chi connectivity index (χ1n) is 8.73. The maximum Gasteiger partial charge on any atom is 0.228 e. The van der Waals surface area contributed by atoms with Gasteiger partial charge >= 0.3 is 0 Å². The van der Waals surface area contributed by atoms with Crippen LogP contribution in [0.25, 0.3) is 0 Å². The van der Waals surface area contributed by atoms with Crippen LogP contribution in [0.15, 0.2) is 42.5 Å². The van der Waals surface area contributed by atoms with Gasteiger partial charge in [0.05, 0.1) is 11.7 Å². The van der Waals surface area contributed by atoms with Gasteiger partial charge in [-0.15, -0.1) is 0 Å². The van der Waals surface area contributed by atoms with E-state index in [2.05, 4.69) is 5.32 Å². The van der Waals surface area contributed by atoms with Crippen molar-refractivity contribution in [2.45, 2.75) is 18.6 Å². The van der Waals surface area contributed by atoms with E-state index < -0.39 is 21.8 Å². The smallest absolute Gasteiger partial charge is 0.228 e. The maximum absolute atomic E-state index is 13.0. The van der Waals surface area contributed by atoms with Crippen molar-refractivity contribution >= 4 is 44.8 Å². The van der Waals surface area contributed by atoms with E-state index in [1.165, 1.54) is 34.6 Å². The van der Waals surface area contributed by atoms with E-state index in [1.807, 2.05) is 0 Å². The largest absolute Gasteiger partial charge is 0.326 e. The van der Waals surface area contributed by atoms with Gasteiger partial charge in [0.2, 0.25) is 15.9 Å². The highest BCUT2D eigenvalue weighted by Crippen LogP contribution is 2.26. The molecule has 150 valence electrons. The zero-order valence-corrected chi connectivity index (χ0v) is 17.2. The first-order valence-corrected chi connectivity index (χ1v) is 11.1. The average molecular weight is 445 g/mol. The Morgan fingerprint density at radius 2 is 1.89 bits per heavy atom. The number of anilines is 1. The van der Waals surface area contributed by atoms with Gasteiger partial charge in [0.1, 0.15) is 5.82 Å². The monoisotopic (exact) mass is 444 g/mol. The molecule has 9 heteroatoms. The van der Waals surface area contributed by atoms with Crippen LogP contribution in [0.3, 0.4) is 0 Å². The SMILES string of the molecule is O=C(Nc1ccc(F)cc1)[C@H]1CCCN(S(=O)(=O)Cc2ccc(Cl)cc2Cl)C1. The zero-order valence-electron chi connectivity index (χ0n) is 14.9. The summed E-state index contributed by atoms with van der Waals surface area (Å²) in [4.78, 5) is 12.5. The normalized spacial score (nSPS) is 18.0. The van der Waals surface area contributed by atoms with Gasteiger partial charge in [-0.25, -0.2) is 17.1 Å². The number of amides is 1. The minimum atomic E-state index is -3.64. The second kappa shape index (κ2) is 8.78. The maximum atomic E-state index is 13.0. The number of benzene rings is 2. The standard InChI is InChI=1S/C19H19Cl2FN2O3S/c20-15-4-3-14(18(21)10-15)12-28(26,27)24-9-1-2-13(11-24)19(25)23-17-7-5-16(22)6-8-17/h3-8,10,13H,1-2,9,11-12H2,(H,23,25)/t13-/m0/s1. The number of rotatable bonds is 5. The van der Waals surface area contributed by atoms with Crippen molar-refractivity contribution in [1.29, 1.82) is 0 Å². The molecule has 1 heterocycles. The molecule has 1 aliphatic rings. The molecule has 1 aliphatic heterocycles. The van der Waals surface area contributed by atoms with Crippen molar-refractivity contribution in [3.63, 3.8) is 0 Å². The third-order valence-electron chi connectivity index (χ3n) is 4.61. The van der Waals surface area contributed by atoms with Crippen LogP contribution < -0.4 is 5.32 Å². The number of nitrogens with zero attached hydrogens (tertiary/aromatic N) is 1. The van der Waals surface area contributed by atoms with Gasteiger partial charge in [-0.2, -0.15) is 0 Å². The number of piperidine rings is 1. The second-order valence-electron chi connectivity index (χ2n) is 6.69. The van der Waals surface area contributed by atoms with Crippen LogP contribution in [0.1, 0.15) is 18.4 Å². The molecule has 0 spiro atoms. The molecular formula is C19H19Cl2FN2O3S. The van der Waals surface area contributed by atoms with Gasteiger partial charge in [0.25, 0.3) is 0 Å². The van der Waals surface area contributed by atoms with Crippen LogP contribution in [-0.2, 0) is 20.6 Å². The number of sulfonamides is 1. The minimum Gasteiger partial charge on any atom is -0.326 e. The molecule has 1 amide bonds. The number of hydrogen-bond acceptors (Lipinski definition) is 3. The first kappa shape index (κ1) is 21.0. The van der Waals surface area contributed by atoms with E-state index in [-0.39, 0.29) is 18.2 Å². The summed E-state index contributed by atoms with van der Waals surface area (Å²) >= 11 is 12.0. The van der Waals surface area contributed by atoms with Gasteiger partial charge < -0.3 is 5.32 Å². The quantitative estimate of drug-likeness (QED) is 0.746. The van der Waals surface area contributed by atoms with Crippen molar-refractivity contribution < 1.29 is 17.6 Å². The fraction of sp³-hybridized carbons (Fsp3) is 0.316. The van der Waals surface area contributed by atoms with E-state index in [1.54, 1.807) is 12.1 Å². The molecule has 5 nitrogen and oxygen atoms in total. The molecule has 0 saturated carbocycles. The van der Waals surface area contributed by atoms with Crippen LogP contribution >= 0.6 is 23.2 Å². The van der Waals surface area contributed by atoms with Crippen LogP contribution in [0, 0.1) is 11.7 Å². The topological polar surface area (TPSA) is 66.5 Å². The number of nitrogens with one attached hydrogen (secondary N) is 1. The molecule has 0 unspecified atom stereocenters. The Hall–Kier alpha value is -1.67. The summed E-state index contributed by atoms with van der Waals surface area (Å²) in [5.74, 6) is -1.41. The lowest BCUT2D eigenvalue weighted by Crippen LogP contribution is -2.44. The van der Waals surface area contributed by atoms with Crippen molar-refractivity contribution in [1.82, 2.24) is 4.31 Å². The third-order valence-corrected chi connectivity index (χ3v) is 6.99. The molecule has 1 atom stereocenters. The zero-order chi connectivity index (χ0) is 20.3. The number of halogens is 3. The van der Waals surface area contributed by atoms with Gasteiger partial charge in [-0.3, -0.25) is 4.79 Å². The summed E-state index contributed by atoms with van der Waals surface area (Å²) < 4.78 is 40.0. The molecule has 2 aromatic carbocycles. The Labute approximate surface area is 173 Å². The Morgan fingerprint density at radius 3 is 2.57 bits per heavy atom. The molecule has 28 heavy (non-hydrogen) atoms. The Kier molecular flexibility index (Phi) is 6.60. The predicted molar refractivity (Wildman–Crippen MR) is 108 cm³/mol. The summed E-state index contributed by atoms with van der Waals surface area (Å²) in [5, 5.41) is 3.44. The van der Waals surface area contributed by atoms with E-state index in [9.17, 15) is 17.6 Å². The number of hydrogen-bond donors (Lipinski definition) is 1. The summed E-state index contributed by atoms with van der Waals surface area (Å²) in [6.07, 6.45) is 1.16. The van der Waals surface area contributed by atoms with Gasteiger partial charge in [0.15, 0.2) is 0 Å². The summed E-state index contributed by atoms with van der Waals surface area (Å²) in [5.41, 5.74) is 0.934. The van der Waals surface area contributed by atoms with Crippen molar-refractivity contribution in [3.05, 3.63) is 63.9 Å². The molecule has 0 bridgehead atoms. The highest BCUT2D eigenvalue weighted by Gasteiger charge is 2.32. The van der Waals surface area contributed by atoms with Crippen molar-refractivity contribution in [3.8, 4) is 0 Å². The van der Waals surface area contributed by atoms with Crippen LogP contribution in [0.4, 0.5) is 10.1 Å². The third kappa shape index (κ3) is 5.23. The Bertz CT molecular complexity index is 968. The first-order chi connectivity index (χ1) is 13.2. The second-order valence-corrected chi connectivity index (χ2v) is 9.50. The Morgan fingerprint density at radius 1 is 1.18 bits per heavy atom. The summed E-state index contributed by atoms with van der Waals surface area (Å²) in [7, 11) is -3.64. The van der Waals surface area contributed by atoms with E-state index >= 15 is 0 Å². The molecule has 2 aromatic rings. The fourth-order valence-corrected chi connectivity index (χ4v) is 5.31. The van der Waals surface area contributed by atoms with Crippen LogP contribution in [0.2, 0.25) is 10.0 Å². The summed E-state index contributed by atoms with van der Waals surface area (Å²) in [6, 6.07) is 10.1. The molecule has 3 rings (SSSR count). The van der Waals surface area contributed by atoms with Crippen molar-refractivity contribution in [2.24, 2.45) is 5.92 Å². The molecule has 0 aliphatic carbocycles. The molecule has 0 aromatic heterocycles. The lowest BCUT2D eigenvalue weighted by molar-refractivity contribution is -0.120. The van der Waals surface area contributed by atoms with E-state index in [0.29, 0.717) is 40.7 Å². The lowest BCUT2D eigenvalue weighted by atomic mass is 9.99. The summed E-state index contributed by atoms with van der Waals surface area (Å²) in [6.45, 7) is 0.453. The predicted octanol–water partition coefficient (Wildman–Crippen LogP) is 4.31. The van der Waals surface area contributed by atoms with E-state index in [4.69, 9.17) is 23.2 Å². The highest BCUT2D eigenvalue weighted by atomic mass is 35.5. The van der Waals surface area contributed by atoms with Gasteiger partial charge in [0, 0.05) is 28.8 Å². The van der Waals surface area contributed by atoms with Gasteiger partial charge in [-0.05, 0) is 54.8 Å². The average Bonchev–Trinajstić information content (AvgIpc) is 2.66. The fourth-order valence-electron chi connectivity index (χ4n) is 3.11. The highest BCUT2D eigenvalue weighted by molar-refractivity contribution is 7.88. The molecule has 1 fully saturated rings. The van der Waals surface area contributed by atoms with Crippen molar-refractivity contribution in [2.75, 3.05) is 18.4 Å². The lowest BCUT2D eigenvalue weighted by Gasteiger charge is -2.31. The minimum absolute atomic E-state index is 0.0978. The molecule has 0 radical (unpaired) electrons. The van der Waals surface area contributed by atoms with Crippen LogP contribution in [-0.4, -0.2) is 31.7 Å². The number of carbonyl (C=O) groups is 1. The van der Waals surface area contributed by atoms with E-state index in [0.717, 1.165) is 0 Å². The number of carbonyl (C=O) groups excluding carboxylic acids is 1.